The predicted octanol–water partition coefficient (Wildman–Crippen LogP) is 0.723. The maximum absolute atomic E-state index is 11.8. The first kappa shape index (κ1) is 14.0. The topological polar surface area (TPSA) is 65.4 Å². The van der Waals surface area contributed by atoms with Crippen LogP contribution in [-0.2, 0) is 23.1 Å². The highest BCUT2D eigenvalue weighted by Gasteiger charge is 2.18. The van der Waals surface area contributed by atoms with Gasteiger partial charge in [0.05, 0.1) is 25.1 Å². The summed E-state index contributed by atoms with van der Waals surface area (Å²) >= 11 is 0. The Morgan fingerprint density at radius 3 is 3.21 bits per heavy atom. The Kier molecular flexibility index (Phi) is 4.93. The summed E-state index contributed by atoms with van der Waals surface area (Å²) < 4.78 is 12.1. The van der Waals surface area contributed by atoms with Crippen LogP contribution < -0.4 is 5.32 Å². The molecule has 1 fully saturated rings. The molecule has 0 bridgehead atoms. The van der Waals surface area contributed by atoms with Crippen LogP contribution >= 0.6 is 0 Å². The van der Waals surface area contributed by atoms with Crippen LogP contribution in [0.25, 0.3) is 0 Å². The average molecular weight is 267 g/mol. The van der Waals surface area contributed by atoms with Crippen molar-refractivity contribution < 1.29 is 14.3 Å². The van der Waals surface area contributed by atoms with E-state index in [0.29, 0.717) is 24.6 Å². The molecule has 1 unspecified atom stereocenters. The van der Waals surface area contributed by atoms with Gasteiger partial charge in [0, 0.05) is 26.7 Å². The summed E-state index contributed by atoms with van der Waals surface area (Å²) in [5.74, 6) is 0.260. The third-order valence-electron chi connectivity index (χ3n) is 3.31. The van der Waals surface area contributed by atoms with E-state index in [4.69, 9.17) is 9.47 Å². The number of carbonyl (C=O) groups excluding carboxylic acids is 1. The molecule has 0 radical (unpaired) electrons. The van der Waals surface area contributed by atoms with Crippen molar-refractivity contribution in [1.82, 2.24) is 15.1 Å². The highest BCUT2D eigenvalue weighted by Crippen LogP contribution is 2.12. The van der Waals surface area contributed by atoms with Crippen LogP contribution in [0.4, 0.5) is 0 Å². The molecule has 2 rings (SSSR count). The molecule has 0 aliphatic carbocycles. The molecule has 1 N–H and O–H groups in total. The standard InChI is InChI=1S/C13H21N3O3/c1-3-19-13(17)11-7-15-16(2)12(11)8-14-6-10-4-5-18-9-10/h7,10,14H,3-6,8-9H2,1-2H3. The first-order valence-electron chi connectivity index (χ1n) is 6.68. The number of nitrogens with one attached hydrogen (secondary N) is 1. The molecule has 1 aromatic rings. The van der Waals surface area contributed by atoms with Gasteiger partial charge in [-0.05, 0) is 19.3 Å². The minimum atomic E-state index is -0.309. The zero-order chi connectivity index (χ0) is 13.7. The molecular weight excluding hydrogens is 246 g/mol. The smallest absolute Gasteiger partial charge is 0.341 e. The molecule has 19 heavy (non-hydrogen) atoms. The van der Waals surface area contributed by atoms with E-state index in [1.807, 2.05) is 7.05 Å². The van der Waals surface area contributed by atoms with Gasteiger partial charge >= 0.3 is 5.97 Å². The quantitative estimate of drug-likeness (QED) is 0.769. The van der Waals surface area contributed by atoms with Gasteiger partial charge in [-0.1, -0.05) is 0 Å². The van der Waals surface area contributed by atoms with E-state index in [9.17, 15) is 4.79 Å². The Labute approximate surface area is 113 Å². The van der Waals surface area contributed by atoms with Crippen molar-refractivity contribution in [3.63, 3.8) is 0 Å². The molecule has 1 aromatic heterocycles. The fourth-order valence-electron chi connectivity index (χ4n) is 2.19. The maximum Gasteiger partial charge on any atom is 0.341 e. The van der Waals surface area contributed by atoms with E-state index in [0.717, 1.165) is 31.9 Å². The number of carbonyl (C=O) groups is 1. The number of nitrogens with zero attached hydrogens (tertiary/aromatic N) is 2. The number of hydrogen-bond donors (Lipinski definition) is 1. The Morgan fingerprint density at radius 1 is 1.68 bits per heavy atom. The highest BCUT2D eigenvalue weighted by molar-refractivity contribution is 5.90. The molecule has 0 saturated carbocycles. The van der Waals surface area contributed by atoms with Gasteiger partial charge in [0.1, 0.15) is 5.56 Å². The average Bonchev–Trinajstić information content (AvgIpc) is 3.01. The normalized spacial score (nSPS) is 18.7. The number of hydrogen-bond acceptors (Lipinski definition) is 5. The van der Waals surface area contributed by atoms with Crippen LogP contribution in [0, 0.1) is 5.92 Å². The molecule has 0 amide bonds. The van der Waals surface area contributed by atoms with E-state index >= 15 is 0 Å². The summed E-state index contributed by atoms with van der Waals surface area (Å²) in [5, 5.41) is 7.48. The Hall–Kier alpha value is -1.40. The molecule has 1 aliphatic heterocycles. The molecule has 1 saturated heterocycles. The lowest BCUT2D eigenvalue weighted by Gasteiger charge is -2.10. The molecular formula is C13H21N3O3. The highest BCUT2D eigenvalue weighted by atomic mass is 16.5. The van der Waals surface area contributed by atoms with Crippen molar-refractivity contribution in [2.75, 3.05) is 26.4 Å². The molecule has 1 atom stereocenters. The van der Waals surface area contributed by atoms with Gasteiger partial charge in [-0.3, -0.25) is 4.68 Å². The second-order valence-corrected chi connectivity index (χ2v) is 4.71. The Balaban J connectivity index is 1.91. The molecule has 6 nitrogen and oxygen atoms in total. The summed E-state index contributed by atoms with van der Waals surface area (Å²) in [5.41, 5.74) is 1.40. The molecule has 2 heterocycles. The van der Waals surface area contributed by atoms with Crippen molar-refractivity contribution in [2.24, 2.45) is 13.0 Å². The number of aromatic nitrogens is 2. The first-order valence-corrected chi connectivity index (χ1v) is 6.68. The van der Waals surface area contributed by atoms with E-state index in [-0.39, 0.29) is 5.97 Å². The van der Waals surface area contributed by atoms with Crippen molar-refractivity contribution in [3.05, 3.63) is 17.5 Å². The number of ether oxygens (including phenoxy) is 2. The van der Waals surface area contributed by atoms with Crippen LogP contribution in [0.2, 0.25) is 0 Å². The van der Waals surface area contributed by atoms with E-state index in [2.05, 4.69) is 10.4 Å². The second-order valence-electron chi connectivity index (χ2n) is 4.71. The lowest BCUT2D eigenvalue weighted by atomic mass is 10.1. The first-order chi connectivity index (χ1) is 9.22. The lowest BCUT2D eigenvalue weighted by Crippen LogP contribution is -2.25. The largest absolute Gasteiger partial charge is 0.462 e. The van der Waals surface area contributed by atoms with Gasteiger partial charge < -0.3 is 14.8 Å². The molecule has 0 aromatic carbocycles. The third-order valence-corrected chi connectivity index (χ3v) is 3.31. The number of esters is 1. The van der Waals surface area contributed by atoms with Gasteiger partial charge in [0.15, 0.2) is 0 Å². The van der Waals surface area contributed by atoms with E-state index in [1.165, 1.54) is 0 Å². The summed E-state index contributed by atoms with van der Waals surface area (Å²) in [6.45, 7) is 5.36. The molecule has 1 aliphatic rings. The van der Waals surface area contributed by atoms with E-state index < -0.39 is 0 Å². The minimum absolute atomic E-state index is 0.309. The zero-order valence-electron chi connectivity index (χ0n) is 11.5. The van der Waals surface area contributed by atoms with Gasteiger partial charge in [-0.25, -0.2) is 4.79 Å². The van der Waals surface area contributed by atoms with Crippen LogP contribution in [0.15, 0.2) is 6.20 Å². The van der Waals surface area contributed by atoms with Crippen LogP contribution in [0.1, 0.15) is 29.4 Å². The van der Waals surface area contributed by atoms with Gasteiger partial charge in [0.2, 0.25) is 0 Å². The maximum atomic E-state index is 11.8. The third kappa shape index (κ3) is 3.54. The second kappa shape index (κ2) is 6.68. The van der Waals surface area contributed by atoms with E-state index in [1.54, 1.807) is 17.8 Å². The van der Waals surface area contributed by atoms with Gasteiger partial charge in [0.25, 0.3) is 0 Å². The fourth-order valence-corrected chi connectivity index (χ4v) is 2.19. The summed E-state index contributed by atoms with van der Waals surface area (Å²) in [4.78, 5) is 11.8. The van der Waals surface area contributed by atoms with Gasteiger partial charge in [-0.15, -0.1) is 0 Å². The van der Waals surface area contributed by atoms with Crippen molar-refractivity contribution in [3.8, 4) is 0 Å². The monoisotopic (exact) mass is 267 g/mol. The summed E-state index contributed by atoms with van der Waals surface area (Å²) in [6, 6.07) is 0. The lowest BCUT2D eigenvalue weighted by molar-refractivity contribution is 0.0524. The number of rotatable bonds is 6. The van der Waals surface area contributed by atoms with Crippen LogP contribution in [0.3, 0.4) is 0 Å². The SMILES string of the molecule is CCOC(=O)c1cnn(C)c1CNCC1CCOC1. The Morgan fingerprint density at radius 2 is 2.53 bits per heavy atom. The molecule has 0 spiro atoms. The van der Waals surface area contributed by atoms with Crippen molar-refractivity contribution in [1.29, 1.82) is 0 Å². The fraction of sp³-hybridized carbons (Fsp3) is 0.692. The Bertz CT molecular complexity index is 425. The summed E-state index contributed by atoms with van der Waals surface area (Å²) in [6.07, 6.45) is 2.66. The summed E-state index contributed by atoms with van der Waals surface area (Å²) in [7, 11) is 1.83. The van der Waals surface area contributed by atoms with Crippen LogP contribution in [0.5, 0.6) is 0 Å². The van der Waals surface area contributed by atoms with Crippen LogP contribution in [-0.4, -0.2) is 42.1 Å². The predicted molar refractivity (Wildman–Crippen MR) is 69.8 cm³/mol. The number of aryl methyl sites for hydroxylation is 1. The van der Waals surface area contributed by atoms with Crippen molar-refractivity contribution >= 4 is 5.97 Å². The molecule has 106 valence electrons. The minimum Gasteiger partial charge on any atom is -0.462 e. The zero-order valence-corrected chi connectivity index (χ0v) is 11.5. The van der Waals surface area contributed by atoms with Crippen molar-refractivity contribution in [2.45, 2.75) is 19.9 Å². The molecule has 6 heteroatoms. The van der Waals surface area contributed by atoms with Gasteiger partial charge in [-0.2, -0.15) is 5.10 Å².